The average molecular weight is 499 g/mol. The fourth-order valence-electron chi connectivity index (χ4n) is 7.28. The minimum Gasteiger partial charge on any atom is -0.353 e. The summed E-state index contributed by atoms with van der Waals surface area (Å²) in [6.07, 6.45) is 12.9. The summed E-state index contributed by atoms with van der Waals surface area (Å²) in [5.41, 5.74) is 2.62. The first kappa shape index (κ1) is 24.7. The minimum atomic E-state index is 0.180. The first-order valence-corrected chi connectivity index (χ1v) is 14.8. The number of hydrogen-bond acceptors (Lipinski definition) is 2. The highest BCUT2D eigenvalue weighted by Crippen LogP contribution is 2.48. The quantitative estimate of drug-likeness (QED) is 0.447. The van der Waals surface area contributed by atoms with Crippen molar-refractivity contribution in [1.29, 1.82) is 0 Å². The molecule has 2 aromatic rings. The Labute approximate surface area is 222 Å². The maximum Gasteiger partial charge on any atom is 0.223 e. The van der Waals surface area contributed by atoms with E-state index >= 15 is 0 Å². The normalized spacial score (nSPS) is 34.8. The van der Waals surface area contributed by atoms with E-state index in [0.717, 1.165) is 50.4 Å². The maximum absolute atomic E-state index is 12.8. The lowest BCUT2D eigenvalue weighted by atomic mass is 9.75. The van der Waals surface area contributed by atoms with Gasteiger partial charge in [0.15, 0.2) is 0 Å². The Morgan fingerprint density at radius 1 is 0.568 bits per heavy atom. The summed E-state index contributed by atoms with van der Waals surface area (Å²) in [5, 5.41) is 6.75. The van der Waals surface area contributed by atoms with Gasteiger partial charge in [0.2, 0.25) is 11.8 Å². The molecule has 0 aromatic heterocycles. The average Bonchev–Trinajstić information content (AvgIpc) is 3.86. The Morgan fingerprint density at radius 3 is 1.32 bits per heavy atom. The summed E-state index contributed by atoms with van der Waals surface area (Å²) in [6, 6.07) is 21.7. The van der Waals surface area contributed by atoms with Crippen molar-refractivity contribution < 1.29 is 9.59 Å². The van der Waals surface area contributed by atoms with E-state index in [1.54, 1.807) is 0 Å². The highest BCUT2D eigenvalue weighted by atomic mass is 16.2. The summed E-state index contributed by atoms with van der Waals surface area (Å²) in [5.74, 6) is 3.37. The van der Waals surface area contributed by atoms with Crippen LogP contribution >= 0.6 is 0 Å². The van der Waals surface area contributed by atoms with Gasteiger partial charge >= 0.3 is 0 Å². The zero-order valence-corrected chi connectivity index (χ0v) is 22.0. The van der Waals surface area contributed by atoms with Crippen LogP contribution in [0, 0.1) is 23.7 Å². The zero-order chi connectivity index (χ0) is 25.2. The van der Waals surface area contributed by atoms with E-state index in [1.807, 2.05) is 12.1 Å². The summed E-state index contributed by atoms with van der Waals surface area (Å²) in [4.78, 5) is 25.5. The summed E-state index contributed by atoms with van der Waals surface area (Å²) in [7, 11) is 0. The number of hydrogen-bond donors (Lipinski definition) is 2. The van der Waals surface area contributed by atoms with Gasteiger partial charge < -0.3 is 10.6 Å². The molecule has 2 amide bonds. The molecule has 4 aliphatic carbocycles. The molecule has 37 heavy (non-hydrogen) atoms. The van der Waals surface area contributed by atoms with Crippen molar-refractivity contribution in [2.75, 3.05) is 0 Å². The molecule has 0 saturated heterocycles. The largest absolute Gasteiger partial charge is 0.353 e. The molecule has 2 N–H and O–H groups in total. The van der Waals surface area contributed by atoms with Crippen LogP contribution in [0.1, 0.15) is 93.6 Å². The van der Waals surface area contributed by atoms with E-state index in [-0.39, 0.29) is 23.7 Å². The van der Waals surface area contributed by atoms with Gasteiger partial charge in [-0.1, -0.05) is 60.7 Å². The van der Waals surface area contributed by atoms with E-state index in [4.69, 9.17) is 0 Å². The van der Waals surface area contributed by atoms with Crippen LogP contribution in [-0.4, -0.2) is 23.9 Å². The van der Waals surface area contributed by atoms with Crippen LogP contribution in [0.4, 0.5) is 0 Å². The molecule has 0 heterocycles. The molecule has 0 bridgehead atoms. The number of rotatable bonds is 8. The summed E-state index contributed by atoms with van der Waals surface area (Å²) < 4.78 is 0. The van der Waals surface area contributed by atoms with Crippen molar-refractivity contribution in [2.45, 2.75) is 94.5 Å². The molecule has 0 spiro atoms. The van der Waals surface area contributed by atoms with Crippen LogP contribution in [0.15, 0.2) is 60.7 Å². The van der Waals surface area contributed by atoms with Crippen LogP contribution in [0.3, 0.4) is 0 Å². The van der Waals surface area contributed by atoms with Gasteiger partial charge in [0.1, 0.15) is 0 Å². The van der Waals surface area contributed by atoms with Gasteiger partial charge in [0.25, 0.3) is 0 Å². The first-order chi connectivity index (χ1) is 18.1. The lowest BCUT2D eigenvalue weighted by molar-refractivity contribution is -0.124. The van der Waals surface area contributed by atoms with Crippen LogP contribution in [0.2, 0.25) is 0 Å². The molecule has 4 atom stereocenters. The third-order valence-corrected chi connectivity index (χ3v) is 9.76. The standard InChI is InChI=1S/C33H42N2O2/c36-32(30-20-28(30)24-7-3-1-4-8-24)34-26-15-11-22(12-16-26)19-23-13-17-27(18-14-23)35-33(37)31-21-29(31)25-9-5-2-6-10-25/h1-10,22-23,26-31H,11-21H2,(H,34,36)(H,35,37). The molecule has 0 aliphatic heterocycles. The van der Waals surface area contributed by atoms with Gasteiger partial charge in [-0.15, -0.1) is 0 Å². The summed E-state index contributed by atoms with van der Waals surface area (Å²) in [6.45, 7) is 0. The third-order valence-electron chi connectivity index (χ3n) is 9.76. The van der Waals surface area contributed by atoms with E-state index in [0.29, 0.717) is 23.9 Å². The van der Waals surface area contributed by atoms with Gasteiger partial charge in [-0.3, -0.25) is 9.59 Å². The second kappa shape index (κ2) is 11.0. The van der Waals surface area contributed by atoms with Crippen LogP contribution in [0.5, 0.6) is 0 Å². The zero-order valence-electron chi connectivity index (χ0n) is 22.0. The van der Waals surface area contributed by atoms with Crippen molar-refractivity contribution in [3.8, 4) is 0 Å². The number of carbonyl (C=O) groups excluding carboxylic acids is 2. The molecule has 4 saturated carbocycles. The Balaban J connectivity index is 0.862. The first-order valence-electron chi connectivity index (χ1n) is 14.8. The maximum atomic E-state index is 12.8. The Kier molecular flexibility index (Phi) is 7.35. The highest BCUT2D eigenvalue weighted by Gasteiger charge is 2.45. The van der Waals surface area contributed by atoms with Gasteiger partial charge in [-0.05, 0) is 105 Å². The number of nitrogens with one attached hydrogen (secondary N) is 2. The lowest BCUT2D eigenvalue weighted by Crippen LogP contribution is -2.40. The van der Waals surface area contributed by atoms with E-state index < -0.39 is 0 Å². The molecule has 6 rings (SSSR count). The summed E-state index contributed by atoms with van der Waals surface area (Å²) >= 11 is 0. The van der Waals surface area contributed by atoms with Crippen LogP contribution in [0.25, 0.3) is 0 Å². The Bertz CT molecular complexity index is 969. The smallest absolute Gasteiger partial charge is 0.223 e. The third kappa shape index (κ3) is 6.10. The van der Waals surface area contributed by atoms with Crippen molar-refractivity contribution in [1.82, 2.24) is 10.6 Å². The minimum absolute atomic E-state index is 0.180. The molecule has 4 heteroatoms. The highest BCUT2D eigenvalue weighted by molar-refractivity contribution is 5.83. The van der Waals surface area contributed by atoms with E-state index in [1.165, 1.54) is 43.2 Å². The fourth-order valence-corrected chi connectivity index (χ4v) is 7.28. The second-order valence-electron chi connectivity index (χ2n) is 12.4. The molecule has 4 fully saturated rings. The number of carbonyl (C=O) groups is 2. The van der Waals surface area contributed by atoms with Crippen molar-refractivity contribution in [3.63, 3.8) is 0 Å². The molecule has 2 aromatic carbocycles. The predicted octanol–water partition coefficient (Wildman–Crippen LogP) is 6.33. The van der Waals surface area contributed by atoms with Gasteiger partial charge in [0, 0.05) is 23.9 Å². The Hall–Kier alpha value is -2.62. The molecule has 196 valence electrons. The molecule has 0 radical (unpaired) electrons. The molecule has 4 aliphatic rings. The van der Waals surface area contributed by atoms with Crippen molar-refractivity contribution in [2.24, 2.45) is 23.7 Å². The number of amides is 2. The van der Waals surface area contributed by atoms with E-state index in [2.05, 4.69) is 59.2 Å². The van der Waals surface area contributed by atoms with Gasteiger partial charge in [-0.25, -0.2) is 0 Å². The molecular formula is C33H42N2O2. The molecule has 4 unspecified atom stereocenters. The Morgan fingerprint density at radius 2 is 0.946 bits per heavy atom. The van der Waals surface area contributed by atoms with Crippen LogP contribution < -0.4 is 10.6 Å². The monoisotopic (exact) mass is 498 g/mol. The van der Waals surface area contributed by atoms with Crippen molar-refractivity contribution >= 4 is 11.8 Å². The van der Waals surface area contributed by atoms with E-state index in [9.17, 15) is 9.59 Å². The molecule has 4 nitrogen and oxygen atoms in total. The second-order valence-corrected chi connectivity index (χ2v) is 12.4. The van der Waals surface area contributed by atoms with Crippen molar-refractivity contribution in [3.05, 3.63) is 71.8 Å². The SMILES string of the molecule is O=C(NC1CCC(CC2CCC(NC(=O)C3CC3c3ccccc3)CC2)CC1)C1CC1c1ccccc1. The van der Waals surface area contributed by atoms with Gasteiger partial charge in [0.05, 0.1) is 0 Å². The fraction of sp³-hybridized carbons (Fsp3) is 0.576. The molecular weight excluding hydrogens is 456 g/mol. The predicted molar refractivity (Wildman–Crippen MR) is 147 cm³/mol. The van der Waals surface area contributed by atoms with Crippen LogP contribution in [-0.2, 0) is 9.59 Å². The number of benzene rings is 2. The van der Waals surface area contributed by atoms with Gasteiger partial charge in [-0.2, -0.15) is 0 Å². The lowest BCUT2D eigenvalue weighted by Gasteiger charge is -2.34. The topological polar surface area (TPSA) is 58.2 Å².